The van der Waals surface area contributed by atoms with Gasteiger partial charge in [0.15, 0.2) is 0 Å². The number of allylic oxidation sites excluding steroid dienone is 1. The maximum absolute atomic E-state index is 12.8. The van der Waals surface area contributed by atoms with E-state index in [2.05, 4.69) is 22.1 Å². The number of nitrogens with two attached hydrogens (primary N) is 1. The molecule has 0 radical (unpaired) electrons. The molecule has 5 rings (SSSR count). The minimum atomic E-state index is -0.791. The maximum Gasteiger partial charge on any atom is 0.328 e. The first-order chi connectivity index (χ1) is 14.1. The van der Waals surface area contributed by atoms with Crippen molar-refractivity contribution in [3.8, 4) is 11.9 Å². The molecule has 0 saturated heterocycles. The van der Waals surface area contributed by atoms with Crippen LogP contribution in [0, 0.1) is 11.3 Å². The van der Waals surface area contributed by atoms with Crippen LogP contribution in [0.1, 0.15) is 17.0 Å². The SMILES string of the molecule is N#CC1=C(N)Oc2[nH]c(=O)[nH]c(=O)c2C1c1c2ccccc2cc2ccccc12. The molecule has 7 heteroatoms. The quantitative estimate of drug-likeness (QED) is 0.436. The second-order valence-corrected chi connectivity index (χ2v) is 6.81. The van der Waals surface area contributed by atoms with Crippen LogP contribution in [0.4, 0.5) is 0 Å². The summed E-state index contributed by atoms with van der Waals surface area (Å²) in [5.74, 6) is -0.971. The van der Waals surface area contributed by atoms with Gasteiger partial charge in [-0.05, 0) is 33.2 Å². The van der Waals surface area contributed by atoms with Crippen molar-refractivity contribution in [3.05, 3.63) is 98.0 Å². The van der Waals surface area contributed by atoms with Gasteiger partial charge in [0.05, 0.1) is 11.5 Å². The Kier molecular flexibility index (Phi) is 3.54. The van der Waals surface area contributed by atoms with E-state index in [9.17, 15) is 14.9 Å². The summed E-state index contributed by atoms with van der Waals surface area (Å²) in [7, 11) is 0. The fraction of sp³-hybridized carbons (Fsp3) is 0.0455. The smallest absolute Gasteiger partial charge is 0.328 e. The van der Waals surface area contributed by atoms with E-state index in [1.165, 1.54) is 0 Å². The van der Waals surface area contributed by atoms with Crippen LogP contribution in [-0.2, 0) is 0 Å². The number of benzene rings is 3. The average molecular weight is 382 g/mol. The molecule has 1 atom stereocenters. The van der Waals surface area contributed by atoms with Crippen LogP contribution in [0.15, 0.2) is 75.6 Å². The molecule has 4 N–H and O–H groups in total. The van der Waals surface area contributed by atoms with Crippen molar-refractivity contribution in [1.82, 2.24) is 9.97 Å². The highest BCUT2D eigenvalue weighted by Crippen LogP contribution is 2.44. The lowest BCUT2D eigenvalue weighted by Crippen LogP contribution is -2.33. The molecule has 1 unspecified atom stereocenters. The number of aromatic amines is 2. The maximum atomic E-state index is 12.8. The first-order valence-electron chi connectivity index (χ1n) is 8.93. The third-order valence-electron chi connectivity index (χ3n) is 5.22. The van der Waals surface area contributed by atoms with Gasteiger partial charge in [0.1, 0.15) is 11.6 Å². The number of rotatable bonds is 1. The van der Waals surface area contributed by atoms with E-state index in [-0.39, 0.29) is 22.9 Å². The van der Waals surface area contributed by atoms with E-state index in [1.54, 1.807) is 0 Å². The van der Waals surface area contributed by atoms with Crippen LogP contribution in [0.2, 0.25) is 0 Å². The summed E-state index contributed by atoms with van der Waals surface area (Å²) in [6, 6.07) is 19.6. The Balaban J connectivity index is 2.00. The minimum Gasteiger partial charge on any atom is -0.424 e. The molecular weight excluding hydrogens is 368 g/mol. The van der Waals surface area contributed by atoms with Gasteiger partial charge in [-0.25, -0.2) is 4.79 Å². The average Bonchev–Trinajstić information content (AvgIpc) is 2.71. The summed E-state index contributed by atoms with van der Waals surface area (Å²) in [6.07, 6.45) is 0. The Morgan fingerprint density at radius 1 is 0.931 bits per heavy atom. The van der Waals surface area contributed by atoms with Crippen LogP contribution in [-0.4, -0.2) is 9.97 Å². The number of nitrogens with one attached hydrogen (secondary N) is 2. The number of nitrogens with zero attached hydrogens (tertiary/aromatic N) is 1. The third kappa shape index (κ3) is 2.43. The van der Waals surface area contributed by atoms with Crippen molar-refractivity contribution in [2.45, 2.75) is 5.92 Å². The second-order valence-electron chi connectivity index (χ2n) is 6.81. The van der Waals surface area contributed by atoms with Crippen molar-refractivity contribution in [3.63, 3.8) is 0 Å². The topological polar surface area (TPSA) is 125 Å². The van der Waals surface area contributed by atoms with Gasteiger partial charge in [-0.2, -0.15) is 5.26 Å². The predicted molar refractivity (Wildman–Crippen MR) is 108 cm³/mol. The summed E-state index contributed by atoms with van der Waals surface area (Å²) in [5, 5.41) is 13.6. The molecule has 29 heavy (non-hydrogen) atoms. The molecule has 0 fully saturated rings. The predicted octanol–water partition coefficient (Wildman–Crippen LogP) is 2.59. The van der Waals surface area contributed by atoms with Gasteiger partial charge >= 0.3 is 5.69 Å². The zero-order chi connectivity index (χ0) is 20.1. The summed E-state index contributed by atoms with van der Waals surface area (Å²) >= 11 is 0. The van der Waals surface area contributed by atoms with Gasteiger partial charge in [0, 0.05) is 0 Å². The van der Waals surface area contributed by atoms with Crippen LogP contribution >= 0.6 is 0 Å². The highest BCUT2D eigenvalue weighted by Gasteiger charge is 2.36. The lowest BCUT2D eigenvalue weighted by molar-refractivity contribution is 0.373. The Labute approximate surface area is 163 Å². The van der Waals surface area contributed by atoms with Gasteiger partial charge in [0.25, 0.3) is 5.56 Å². The van der Waals surface area contributed by atoms with Crippen LogP contribution < -0.4 is 21.7 Å². The molecule has 140 valence electrons. The summed E-state index contributed by atoms with van der Waals surface area (Å²) in [4.78, 5) is 29.3. The van der Waals surface area contributed by atoms with E-state index < -0.39 is 17.2 Å². The summed E-state index contributed by atoms with van der Waals surface area (Å²) < 4.78 is 5.43. The molecule has 2 heterocycles. The van der Waals surface area contributed by atoms with Crippen molar-refractivity contribution < 1.29 is 4.74 Å². The van der Waals surface area contributed by atoms with Gasteiger partial charge < -0.3 is 10.5 Å². The normalized spacial score (nSPS) is 15.8. The molecule has 4 aromatic rings. The first-order valence-corrected chi connectivity index (χ1v) is 8.93. The Bertz CT molecular complexity index is 1450. The van der Waals surface area contributed by atoms with Gasteiger partial charge in [0.2, 0.25) is 11.8 Å². The number of aromatic nitrogens is 2. The number of nitriles is 1. The largest absolute Gasteiger partial charge is 0.424 e. The van der Waals surface area contributed by atoms with E-state index in [4.69, 9.17) is 10.5 Å². The number of hydrogen-bond donors (Lipinski definition) is 3. The molecule has 0 spiro atoms. The molecule has 0 amide bonds. The molecule has 1 aromatic heterocycles. The monoisotopic (exact) mass is 382 g/mol. The third-order valence-corrected chi connectivity index (χ3v) is 5.22. The Morgan fingerprint density at radius 3 is 2.17 bits per heavy atom. The van der Waals surface area contributed by atoms with Gasteiger partial charge in [-0.1, -0.05) is 48.5 Å². The number of ether oxygens (including phenoxy) is 1. The molecular formula is C22H14N4O3. The van der Waals surface area contributed by atoms with E-state index in [0.29, 0.717) is 0 Å². The molecule has 1 aliphatic rings. The fourth-order valence-electron chi connectivity index (χ4n) is 4.04. The number of H-pyrrole nitrogens is 2. The van der Waals surface area contributed by atoms with Gasteiger partial charge in [-0.3, -0.25) is 14.8 Å². The zero-order valence-electron chi connectivity index (χ0n) is 15.0. The lowest BCUT2D eigenvalue weighted by Gasteiger charge is -2.26. The van der Waals surface area contributed by atoms with Crippen LogP contribution in [0.25, 0.3) is 21.5 Å². The molecule has 1 aliphatic heterocycles. The Hall–Kier alpha value is -4.31. The highest BCUT2D eigenvalue weighted by atomic mass is 16.5. The van der Waals surface area contributed by atoms with Crippen molar-refractivity contribution in [1.29, 1.82) is 5.26 Å². The summed E-state index contributed by atoms with van der Waals surface area (Å²) in [6.45, 7) is 0. The van der Waals surface area contributed by atoms with E-state index >= 15 is 0 Å². The summed E-state index contributed by atoms with van der Waals surface area (Å²) in [5.41, 5.74) is 5.73. The standard InChI is InChI=1S/C22H14N4O3/c23-10-15-17(18-20(27)25-22(28)26-21(18)29-19(15)24)16-13-7-3-1-5-11(13)9-12-6-2-4-8-14(12)16/h1-9,17H,24H2,(H2,25,26,27,28). The first kappa shape index (κ1) is 16.8. The van der Waals surface area contributed by atoms with Gasteiger partial charge in [-0.15, -0.1) is 0 Å². The van der Waals surface area contributed by atoms with Crippen molar-refractivity contribution in [2.75, 3.05) is 0 Å². The molecule has 0 bridgehead atoms. The lowest BCUT2D eigenvalue weighted by atomic mass is 9.80. The molecule has 7 nitrogen and oxygen atoms in total. The van der Waals surface area contributed by atoms with E-state index in [0.717, 1.165) is 27.1 Å². The molecule has 0 aliphatic carbocycles. The van der Waals surface area contributed by atoms with E-state index in [1.807, 2.05) is 48.5 Å². The molecule has 0 saturated carbocycles. The fourth-order valence-corrected chi connectivity index (χ4v) is 4.04. The zero-order valence-corrected chi connectivity index (χ0v) is 15.0. The van der Waals surface area contributed by atoms with Crippen molar-refractivity contribution in [2.24, 2.45) is 5.73 Å². The number of hydrogen-bond acceptors (Lipinski definition) is 5. The van der Waals surface area contributed by atoms with Crippen molar-refractivity contribution >= 4 is 21.5 Å². The number of fused-ring (bicyclic) bond motifs is 3. The molecule has 3 aromatic carbocycles. The second kappa shape index (κ2) is 6.11. The van der Waals surface area contributed by atoms with Crippen LogP contribution in [0.5, 0.6) is 5.88 Å². The Morgan fingerprint density at radius 2 is 1.55 bits per heavy atom. The highest BCUT2D eigenvalue weighted by molar-refractivity contribution is 6.03. The minimum absolute atomic E-state index is 0.0442. The van der Waals surface area contributed by atoms with Crippen LogP contribution in [0.3, 0.4) is 0 Å².